The smallest absolute Gasteiger partial charge is 0.192 e. The van der Waals surface area contributed by atoms with E-state index in [2.05, 4.69) is 88.2 Å². The van der Waals surface area contributed by atoms with Gasteiger partial charge in [0.15, 0.2) is 16.6 Å². The third-order valence-electron chi connectivity index (χ3n) is 6.20. The predicted octanol–water partition coefficient (Wildman–Crippen LogP) is 6.86. The molecule has 0 N–H and O–H groups in total. The van der Waals surface area contributed by atoms with Gasteiger partial charge in [-0.15, -0.1) is 6.58 Å². The third kappa shape index (κ3) is 6.43. The first-order valence-corrected chi connectivity index (χ1v) is 15.2. The molecular weight excluding hydrogens is 328 g/mol. The van der Waals surface area contributed by atoms with E-state index >= 15 is 0 Å². The van der Waals surface area contributed by atoms with Gasteiger partial charge < -0.3 is 8.85 Å². The maximum absolute atomic E-state index is 6.77. The van der Waals surface area contributed by atoms with Crippen LogP contribution in [0, 0.1) is 11.8 Å². The van der Waals surface area contributed by atoms with E-state index in [9.17, 15) is 0 Å². The Bertz CT molecular complexity index is 403. The van der Waals surface area contributed by atoms with Crippen LogP contribution in [0.4, 0.5) is 0 Å². The molecule has 144 valence electrons. The average molecular weight is 373 g/mol. The van der Waals surface area contributed by atoms with E-state index in [1.165, 1.54) is 0 Å². The lowest BCUT2D eigenvalue weighted by atomic mass is 9.94. The summed E-state index contributed by atoms with van der Waals surface area (Å²) in [5, 5.41) is 0.457. The van der Waals surface area contributed by atoms with Crippen molar-refractivity contribution >= 4 is 16.6 Å². The van der Waals surface area contributed by atoms with Crippen LogP contribution in [0.5, 0.6) is 0 Å². The Morgan fingerprint density at radius 1 is 0.875 bits per heavy atom. The van der Waals surface area contributed by atoms with E-state index in [0.29, 0.717) is 11.8 Å². The normalized spacial score (nSPS) is 18.2. The van der Waals surface area contributed by atoms with Crippen molar-refractivity contribution in [1.82, 2.24) is 0 Å². The summed E-state index contributed by atoms with van der Waals surface area (Å²) in [5.41, 5.74) is 0. The van der Waals surface area contributed by atoms with E-state index in [1.54, 1.807) is 0 Å². The van der Waals surface area contributed by atoms with Crippen molar-refractivity contribution in [2.75, 3.05) is 6.61 Å². The van der Waals surface area contributed by atoms with E-state index in [1.807, 2.05) is 6.08 Å². The Morgan fingerprint density at radius 2 is 1.29 bits per heavy atom. The van der Waals surface area contributed by atoms with Gasteiger partial charge in [-0.25, -0.2) is 0 Å². The molecule has 0 spiro atoms. The first kappa shape index (κ1) is 24.1. The predicted molar refractivity (Wildman–Crippen MR) is 114 cm³/mol. The quantitative estimate of drug-likeness (QED) is 0.342. The molecular formula is C20H44O2Si2. The fourth-order valence-electron chi connectivity index (χ4n) is 2.04. The zero-order valence-corrected chi connectivity index (χ0v) is 20.5. The summed E-state index contributed by atoms with van der Waals surface area (Å²) in [6.07, 6.45) is 2.20. The summed E-state index contributed by atoms with van der Waals surface area (Å²) in [5.74, 6) is 0.693. The monoisotopic (exact) mass is 372 g/mol. The summed E-state index contributed by atoms with van der Waals surface area (Å²) >= 11 is 0. The van der Waals surface area contributed by atoms with Gasteiger partial charge >= 0.3 is 0 Å². The molecule has 0 fully saturated rings. The molecule has 3 atom stereocenters. The van der Waals surface area contributed by atoms with Gasteiger partial charge in [0.1, 0.15) is 0 Å². The lowest BCUT2D eigenvalue weighted by Gasteiger charge is -2.43. The number of rotatable bonds is 8. The van der Waals surface area contributed by atoms with E-state index in [-0.39, 0.29) is 16.2 Å². The lowest BCUT2D eigenvalue weighted by Crippen LogP contribution is -2.49. The SMILES string of the molecule is C=C[C@H](C)[C@H](O[Si](C)(C)C(C)(C)C)[C@@H](C)CO[Si](C)(C)C(C)(C)C. The topological polar surface area (TPSA) is 18.5 Å². The third-order valence-corrected chi connectivity index (χ3v) is 15.2. The molecule has 0 amide bonds. The fourth-order valence-corrected chi connectivity index (χ4v) is 4.64. The Kier molecular flexibility index (Phi) is 8.22. The second-order valence-corrected chi connectivity index (χ2v) is 20.1. The molecule has 0 aliphatic carbocycles. The zero-order chi connectivity index (χ0) is 19.6. The molecule has 0 unspecified atom stereocenters. The Hall–Kier alpha value is 0.0938. The van der Waals surface area contributed by atoms with Crippen molar-refractivity contribution in [3.8, 4) is 0 Å². The molecule has 0 bridgehead atoms. The number of hydrogen-bond acceptors (Lipinski definition) is 2. The maximum atomic E-state index is 6.77. The van der Waals surface area contributed by atoms with Crippen molar-refractivity contribution in [2.24, 2.45) is 11.8 Å². The Morgan fingerprint density at radius 3 is 1.62 bits per heavy atom. The highest BCUT2D eigenvalue weighted by molar-refractivity contribution is 6.74. The molecule has 24 heavy (non-hydrogen) atoms. The largest absolute Gasteiger partial charge is 0.416 e. The highest BCUT2D eigenvalue weighted by atomic mass is 28.4. The maximum Gasteiger partial charge on any atom is 0.192 e. The average Bonchev–Trinajstić information content (AvgIpc) is 2.38. The minimum Gasteiger partial charge on any atom is -0.416 e. The second-order valence-electron chi connectivity index (χ2n) is 10.5. The van der Waals surface area contributed by atoms with Gasteiger partial charge in [-0.1, -0.05) is 61.5 Å². The van der Waals surface area contributed by atoms with Gasteiger partial charge in [0.05, 0.1) is 6.10 Å². The van der Waals surface area contributed by atoms with Crippen molar-refractivity contribution in [1.29, 1.82) is 0 Å². The van der Waals surface area contributed by atoms with Gasteiger partial charge in [0.2, 0.25) is 0 Å². The zero-order valence-electron chi connectivity index (χ0n) is 18.5. The highest BCUT2D eigenvalue weighted by Gasteiger charge is 2.42. The minimum absolute atomic E-state index is 0.174. The minimum atomic E-state index is -1.81. The van der Waals surface area contributed by atoms with Crippen molar-refractivity contribution < 1.29 is 8.85 Å². The van der Waals surface area contributed by atoms with Crippen LogP contribution in [0.3, 0.4) is 0 Å². The fraction of sp³-hybridized carbons (Fsp3) is 0.900. The molecule has 0 aromatic rings. The first-order chi connectivity index (χ1) is 10.5. The van der Waals surface area contributed by atoms with Crippen LogP contribution in [0.2, 0.25) is 36.3 Å². The van der Waals surface area contributed by atoms with Crippen LogP contribution in [-0.2, 0) is 8.85 Å². The van der Waals surface area contributed by atoms with Crippen LogP contribution in [0.25, 0.3) is 0 Å². The van der Waals surface area contributed by atoms with E-state index < -0.39 is 16.6 Å². The molecule has 0 aliphatic heterocycles. The van der Waals surface area contributed by atoms with E-state index in [4.69, 9.17) is 8.85 Å². The molecule has 4 heteroatoms. The molecule has 2 nitrogen and oxygen atoms in total. The van der Waals surface area contributed by atoms with Gasteiger partial charge in [-0.05, 0) is 42.2 Å². The summed E-state index contributed by atoms with van der Waals surface area (Å²) in [4.78, 5) is 0. The van der Waals surface area contributed by atoms with Crippen molar-refractivity contribution in [2.45, 2.75) is 97.8 Å². The molecule has 0 heterocycles. The van der Waals surface area contributed by atoms with Gasteiger partial charge in [0, 0.05) is 12.5 Å². The van der Waals surface area contributed by atoms with Crippen LogP contribution < -0.4 is 0 Å². The van der Waals surface area contributed by atoms with Gasteiger partial charge in [-0.2, -0.15) is 0 Å². The summed E-state index contributed by atoms with van der Waals surface area (Å²) in [6, 6.07) is 0. The van der Waals surface area contributed by atoms with Crippen molar-refractivity contribution in [3.05, 3.63) is 12.7 Å². The highest BCUT2D eigenvalue weighted by Crippen LogP contribution is 2.40. The summed E-state index contributed by atoms with van der Waals surface area (Å²) in [7, 11) is -3.54. The van der Waals surface area contributed by atoms with Crippen LogP contribution in [0.15, 0.2) is 12.7 Å². The van der Waals surface area contributed by atoms with Crippen LogP contribution >= 0.6 is 0 Å². The Balaban J connectivity index is 5.18. The summed E-state index contributed by atoms with van der Waals surface area (Å²) in [6.45, 7) is 32.3. The standard InChI is InChI=1S/C20H44O2Si2/c1-14-16(2)18(22-24(12,13)20(7,8)9)17(3)15-21-23(10,11)19(4,5)6/h14,16-18H,1,15H2,2-13H3/t16-,17-,18-/m0/s1. The lowest BCUT2D eigenvalue weighted by molar-refractivity contribution is 0.0627. The Labute approximate surface area is 154 Å². The summed E-state index contributed by atoms with van der Waals surface area (Å²) < 4.78 is 13.2. The molecule has 0 saturated carbocycles. The van der Waals surface area contributed by atoms with Crippen molar-refractivity contribution in [3.63, 3.8) is 0 Å². The second kappa shape index (κ2) is 8.19. The molecule has 0 aromatic heterocycles. The first-order valence-electron chi connectivity index (χ1n) is 9.40. The molecule has 0 aromatic carbocycles. The van der Waals surface area contributed by atoms with Gasteiger partial charge in [0.25, 0.3) is 0 Å². The van der Waals surface area contributed by atoms with Crippen LogP contribution in [0.1, 0.15) is 55.4 Å². The number of hydrogen-bond donors (Lipinski definition) is 0. The molecule has 0 aliphatic rings. The molecule has 0 radical (unpaired) electrons. The van der Waals surface area contributed by atoms with E-state index in [0.717, 1.165) is 6.61 Å². The van der Waals surface area contributed by atoms with Gasteiger partial charge in [-0.3, -0.25) is 0 Å². The molecule has 0 rings (SSSR count). The molecule has 0 saturated heterocycles. The van der Waals surface area contributed by atoms with Crippen LogP contribution in [-0.4, -0.2) is 29.3 Å².